The van der Waals surface area contributed by atoms with Crippen LogP contribution in [0.25, 0.3) is 0 Å². The maximum absolute atomic E-state index is 4.98. The predicted octanol–water partition coefficient (Wildman–Crippen LogP) is 1.39. The van der Waals surface area contributed by atoms with Crippen molar-refractivity contribution in [1.29, 1.82) is 0 Å². The molecule has 0 saturated heterocycles. The molecule has 1 aromatic rings. The topological polar surface area (TPSA) is 33.3 Å². The van der Waals surface area contributed by atoms with Crippen LogP contribution in [0, 0.1) is 0 Å². The smallest absolute Gasteiger partial charge is 0.0587 e. The molecule has 0 saturated carbocycles. The van der Waals surface area contributed by atoms with Crippen LogP contribution in [0.2, 0.25) is 0 Å². The summed E-state index contributed by atoms with van der Waals surface area (Å²) >= 11 is 0. The van der Waals surface area contributed by atoms with E-state index in [0.717, 1.165) is 32.7 Å². The number of methoxy groups -OCH3 is 1. The zero-order valence-corrected chi connectivity index (χ0v) is 9.18. The number of anilines is 1. The first-order valence-electron chi connectivity index (χ1n) is 5.45. The highest BCUT2D eigenvalue weighted by Crippen LogP contribution is 2.22. The Bertz CT molecular complexity index is 325. The van der Waals surface area contributed by atoms with E-state index in [1.54, 1.807) is 7.11 Å². The Morgan fingerprint density at radius 2 is 2.40 bits per heavy atom. The summed E-state index contributed by atoms with van der Waals surface area (Å²) in [5.41, 5.74) is 4.08. The Morgan fingerprint density at radius 1 is 1.47 bits per heavy atom. The second-order valence-electron chi connectivity index (χ2n) is 3.84. The van der Waals surface area contributed by atoms with Crippen molar-refractivity contribution in [2.24, 2.45) is 0 Å². The first-order chi connectivity index (χ1) is 7.40. The molecule has 1 aliphatic rings. The number of fused-ring (bicyclic) bond motifs is 1. The molecule has 3 nitrogen and oxygen atoms in total. The first kappa shape index (κ1) is 10.5. The van der Waals surface area contributed by atoms with E-state index in [4.69, 9.17) is 4.74 Å². The third-order valence-corrected chi connectivity index (χ3v) is 2.70. The third-order valence-electron chi connectivity index (χ3n) is 2.70. The lowest BCUT2D eigenvalue weighted by atomic mass is 10.1. The highest BCUT2D eigenvalue weighted by atomic mass is 16.5. The molecule has 82 valence electrons. The van der Waals surface area contributed by atoms with E-state index < -0.39 is 0 Å². The summed E-state index contributed by atoms with van der Waals surface area (Å²) in [7, 11) is 1.72. The Labute approximate surface area is 90.8 Å². The number of nitrogens with one attached hydrogen (secondary N) is 2. The Kier molecular flexibility index (Phi) is 3.59. The molecule has 0 unspecified atom stereocenters. The number of ether oxygens (including phenoxy) is 1. The van der Waals surface area contributed by atoms with E-state index >= 15 is 0 Å². The summed E-state index contributed by atoms with van der Waals surface area (Å²) in [4.78, 5) is 0. The number of benzene rings is 1. The molecular weight excluding hydrogens is 188 g/mol. The first-order valence-corrected chi connectivity index (χ1v) is 5.45. The lowest BCUT2D eigenvalue weighted by molar-refractivity contribution is 0.199. The summed E-state index contributed by atoms with van der Waals surface area (Å²) in [6.45, 7) is 3.67. The summed E-state index contributed by atoms with van der Waals surface area (Å²) in [6.07, 6.45) is 1.16. The summed E-state index contributed by atoms with van der Waals surface area (Å²) in [5, 5.41) is 6.73. The average Bonchev–Trinajstić information content (AvgIpc) is 2.71. The molecule has 0 atom stereocenters. The molecule has 0 radical (unpaired) electrons. The fourth-order valence-corrected chi connectivity index (χ4v) is 1.85. The van der Waals surface area contributed by atoms with Crippen LogP contribution in [0.3, 0.4) is 0 Å². The minimum atomic E-state index is 0.767. The average molecular weight is 206 g/mol. The van der Waals surface area contributed by atoms with E-state index in [1.807, 2.05) is 0 Å². The normalized spacial score (nSPS) is 13.7. The van der Waals surface area contributed by atoms with E-state index in [2.05, 4.69) is 28.8 Å². The fraction of sp³-hybridized carbons (Fsp3) is 0.500. The second-order valence-corrected chi connectivity index (χ2v) is 3.84. The molecule has 0 aliphatic carbocycles. The van der Waals surface area contributed by atoms with Crippen molar-refractivity contribution >= 4 is 5.69 Å². The molecule has 0 fully saturated rings. The zero-order chi connectivity index (χ0) is 10.5. The molecule has 2 rings (SSSR count). The van der Waals surface area contributed by atoms with Gasteiger partial charge in [0.1, 0.15) is 0 Å². The van der Waals surface area contributed by atoms with Crippen molar-refractivity contribution in [3.63, 3.8) is 0 Å². The van der Waals surface area contributed by atoms with Gasteiger partial charge in [-0.1, -0.05) is 12.1 Å². The fourth-order valence-electron chi connectivity index (χ4n) is 1.85. The highest BCUT2D eigenvalue weighted by Gasteiger charge is 2.09. The van der Waals surface area contributed by atoms with Crippen LogP contribution in [0.1, 0.15) is 11.1 Å². The van der Waals surface area contributed by atoms with Gasteiger partial charge in [0.05, 0.1) is 6.61 Å². The van der Waals surface area contributed by atoms with Gasteiger partial charge in [0.2, 0.25) is 0 Å². The van der Waals surface area contributed by atoms with Gasteiger partial charge in [-0.05, 0) is 23.6 Å². The predicted molar refractivity (Wildman–Crippen MR) is 62.2 cm³/mol. The van der Waals surface area contributed by atoms with Crippen molar-refractivity contribution in [1.82, 2.24) is 5.32 Å². The minimum Gasteiger partial charge on any atom is -0.384 e. The highest BCUT2D eigenvalue weighted by molar-refractivity contribution is 5.56. The van der Waals surface area contributed by atoms with Gasteiger partial charge >= 0.3 is 0 Å². The van der Waals surface area contributed by atoms with Crippen LogP contribution in [0.5, 0.6) is 0 Å². The van der Waals surface area contributed by atoms with E-state index in [9.17, 15) is 0 Å². The van der Waals surface area contributed by atoms with E-state index in [0.29, 0.717) is 0 Å². The SMILES string of the molecule is COCCNCc1ccc2c(c1)NCC2. The van der Waals surface area contributed by atoms with Crippen molar-refractivity contribution in [3.8, 4) is 0 Å². The molecule has 15 heavy (non-hydrogen) atoms. The van der Waals surface area contributed by atoms with Gasteiger partial charge in [-0.2, -0.15) is 0 Å². The Morgan fingerprint density at radius 3 is 3.27 bits per heavy atom. The molecule has 0 spiro atoms. The van der Waals surface area contributed by atoms with Gasteiger partial charge in [0.25, 0.3) is 0 Å². The van der Waals surface area contributed by atoms with Crippen molar-refractivity contribution in [3.05, 3.63) is 29.3 Å². The van der Waals surface area contributed by atoms with Crippen molar-refractivity contribution in [2.75, 3.05) is 32.1 Å². The van der Waals surface area contributed by atoms with Gasteiger partial charge in [-0.15, -0.1) is 0 Å². The number of hydrogen-bond donors (Lipinski definition) is 2. The van der Waals surface area contributed by atoms with Gasteiger partial charge in [0, 0.05) is 32.4 Å². The quantitative estimate of drug-likeness (QED) is 0.714. The maximum atomic E-state index is 4.98. The standard InChI is InChI=1S/C12H18N2O/c1-15-7-6-13-9-10-2-3-11-4-5-14-12(11)8-10/h2-3,8,13-14H,4-7,9H2,1H3. The molecule has 1 aliphatic heterocycles. The van der Waals surface area contributed by atoms with E-state index in [-0.39, 0.29) is 0 Å². The summed E-state index contributed by atoms with van der Waals surface area (Å²) in [5.74, 6) is 0. The van der Waals surface area contributed by atoms with Crippen LogP contribution >= 0.6 is 0 Å². The molecule has 0 aromatic heterocycles. The third kappa shape index (κ3) is 2.70. The van der Waals surface area contributed by atoms with Crippen LogP contribution in [0.4, 0.5) is 5.69 Å². The molecule has 0 amide bonds. The van der Waals surface area contributed by atoms with Crippen LogP contribution in [-0.4, -0.2) is 26.8 Å². The Balaban J connectivity index is 1.87. The molecular formula is C12H18N2O. The zero-order valence-electron chi connectivity index (χ0n) is 9.18. The van der Waals surface area contributed by atoms with Crippen molar-refractivity contribution < 1.29 is 4.74 Å². The minimum absolute atomic E-state index is 0.767. The van der Waals surface area contributed by atoms with Crippen LogP contribution < -0.4 is 10.6 Å². The monoisotopic (exact) mass is 206 g/mol. The lowest BCUT2D eigenvalue weighted by Crippen LogP contribution is -2.18. The molecule has 1 heterocycles. The molecule has 0 bridgehead atoms. The van der Waals surface area contributed by atoms with Gasteiger partial charge < -0.3 is 15.4 Å². The lowest BCUT2D eigenvalue weighted by Gasteiger charge is -2.06. The summed E-state index contributed by atoms with van der Waals surface area (Å²) in [6, 6.07) is 6.66. The summed E-state index contributed by atoms with van der Waals surface area (Å²) < 4.78 is 4.98. The number of rotatable bonds is 5. The van der Waals surface area contributed by atoms with Crippen LogP contribution in [-0.2, 0) is 17.7 Å². The number of hydrogen-bond acceptors (Lipinski definition) is 3. The van der Waals surface area contributed by atoms with E-state index in [1.165, 1.54) is 16.8 Å². The Hall–Kier alpha value is -1.06. The second kappa shape index (κ2) is 5.14. The maximum Gasteiger partial charge on any atom is 0.0587 e. The van der Waals surface area contributed by atoms with Crippen molar-refractivity contribution in [2.45, 2.75) is 13.0 Å². The van der Waals surface area contributed by atoms with Gasteiger partial charge in [-0.3, -0.25) is 0 Å². The van der Waals surface area contributed by atoms with Gasteiger partial charge in [0.15, 0.2) is 0 Å². The van der Waals surface area contributed by atoms with Crippen LogP contribution in [0.15, 0.2) is 18.2 Å². The molecule has 2 N–H and O–H groups in total. The molecule has 1 aromatic carbocycles. The molecule has 3 heteroatoms. The largest absolute Gasteiger partial charge is 0.384 e. The van der Waals surface area contributed by atoms with Gasteiger partial charge in [-0.25, -0.2) is 0 Å².